The Hall–Kier alpha value is -3.97. The molecule has 3 aromatic rings. The third-order valence-electron chi connectivity index (χ3n) is 6.93. The molecule has 0 saturated heterocycles. The van der Waals surface area contributed by atoms with Crippen molar-refractivity contribution in [3.05, 3.63) is 137 Å². The summed E-state index contributed by atoms with van der Waals surface area (Å²) >= 11 is -0.371. The van der Waals surface area contributed by atoms with E-state index in [4.69, 9.17) is 14.5 Å². The molecule has 0 atom stereocenters. The van der Waals surface area contributed by atoms with Crippen molar-refractivity contribution < 1.29 is 9.47 Å². The minimum absolute atomic E-state index is 0.371. The standard InChI is InChI=1S/C37H37IN2O2/c1-3-4-5-15-26-39-36(42-35-25-23-32(28-38-35)30-18-11-7-12-19-30)20-13-8-14-21-37-40(2)33-27-31(22-24-34(33)41-37)29-16-9-6-10-17-29/h6-14,16-25,27-28H,3-5,15,26H2,1-2H3/b14-8+,20-13+,37-21-,39-36?. The van der Waals surface area contributed by atoms with Crippen LogP contribution in [0, 0.1) is 0 Å². The Morgan fingerprint density at radius 3 is 2.38 bits per heavy atom. The summed E-state index contributed by atoms with van der Waals surface area (Å²) in [5, 5.41) is 0. The van der Waals surface area contributed by atoms with Gasteiger partial charge in [0.25, 0.3) is 0 Å². The van der Waals surface area contributed by atoms with Gasteiger partial charge in [0.1, 0.15) is 0 Å². The number of fused-ring (bicyclic) bond motifs is 1. The van der Waals surface area contributed by atoms with Gasteiger partial charge in [0.15, 0.2) is 15.3 Å². The monoisotopic (exact) mass is 668 g/mol. The van der Waals surface area contributed by atoms with Gasteiger partial charge >= 0.3 is 0 Å². The predicted octanol–water partition coefficient (Wildman–Crippen LogP) is 9.84. The smallest absolute Gasteiger partial charge is 0.215 e. The van der Waals surface area contributed by atoms with E-state index in [1.54, 1.807) is 0 Å². The molecule has 214 valence electrons. The van der Waals surface area contributed by atoms with Crippen molar-refractivity contribution in [3.63, 3.8) is 0 Å². The maximum atomic E-state index is 6.28. The second-order valence-corrected chi connectivity index (χ2v) is 12.3. The molecule has 2 aliphatic heterocycles. The molecule has 0 aliphatic carbocycles. The van der Waals surface area contributed by atoms with E-state index in [1.165, 1.54) is 41.5 Å². The Labute approximate surface area is 259 Å². The van der Waals surface area contributed by atoms with Crippen molar-refractivity contribution in [1.82, 2.24) is 0 Å². The van der Waals surface area contributed by atoms with Crippen LogP contribution < -0.4 is 9.64 Å². The van der Waals surface area contributed by atoms with Crippen LogP contribution in [0.3, 0.4) is 0 Å². The summed E-state index contributed by atoms with van der Waals surface area (Å²) in [6.07, 6.45) is 18.9. The summed E-state index contributed by atoms with van der Waals surface area (Å²) in [4.78, 5) is 6.86. The summed E-state index contributed by atoms with van der Waals surface area (Å²) in [7, 11) is 2.03. The van der Waals surface area contributed by atoms with Gasteiger partial charge in [-0.15, -0.1) is 0 Å². The zero-order chi connectivity index (χ0) is 29.0. The van der Waals surface area contributed by atoms with E-state index in [0.29, 0.717) is 5.90 Å². The Kier molecular flexibility index (Phi) is 10.8. The number of halogens is 1. The summed E-state index contributed by atoms with van der Waals surface area (Å²) in [5.41, 5.74) is 5.93. The molecule has 0 spiro atoms. The minimum Gasteiger partial charge on any atom is -0.439 e. The number of hydrogen-bond acceptors (Lipinski definition) is 4. The van der Waals surface area contributed by atoms with Gasteiger partial charge < -0.3 is 14.4 Å². The third kappa shape index (κ3) is 8.07. The predicted molar refractivity (Wildman–Crippen MR) is 187 cm³/mol. The van der Waals surface area contributed by atoms with Crippen LogP contribution in [0.25, 0.3) is 16.7 Å². The molecule has 5 rings (SSSR count). The summed E-state index contributed by atoms with van der Waals surface area (Å²) in [6.45, 7) is 3.00. The van der Waals surface area contributed by atoms with Crippen LogP contribution in [0.5, 0.6) is 5.75 Å². The topological polar surface area (TPSA) is 34.1 Å². The van der Waals surface area contributed by atoms with Crippen LogP contribution in [0.4, 0.5) is 5.69 Å². The van der Waals surface area contributed by atoms with Crippen molar-refractivity contribution in [2.75, 3.05) is 18.5 Å². The lowest BCUT2D eigenvalue weighted by Crippen LogP contribution is -2.12. The molecule has 0 fully saturated rings. The molecule has 0 N–H and O–H groups in total. The van der Waals surface area contributed by atoms with Crippen molar-refractivity contribution >= 4 is 41.6 Å². The number of unbranched alkanes of at least 4 members (excludes halogenated alkanes) is 3. The number of nitrogens with zero attached hydrogens (tertiary/aromatic N) is 2. The lowest BCUT2D eigenvalue weighted by molar-refractivity contribution is 0.444. The number of hydrogen-bond donors (Lipinski definition) is 0. The highest BCUT2D eigenvalue weighted by molar-refractivity contribution is 14.2. The lowest BCUT2D eigenvalue weighted by Gasteiger charge is -2.11. The Morgan fingerprint density at radius 2 is 1.64 bits per heavy atom. The number of anilines is 1. The molecule has 5 heteroatoms. The first-order valence-electron chi connectivity index (χ1n) is 14.5. The number of rotatable bonds is 11. The maximum absolute atomic E-state index is 6.28. The van der Waals surface area contributed by atoms with E-state index in [1.807, 2.05) is 55.6 Å². The molecule has 2 heterocycles. The lowest BCUT2D eigenvalue weighted by atomic mass is 10.0. The molecule has 0 unspecified atom stereocenters. The Morgan fingerprint density at radius 1 is 0.857 bits per heavy atom. The van der Waals surface area contributed by atoms with E-state index < -0.39 is 0 Å². The second kappa shape index (κ2) is 15.3. The first-order valence-corrected chi connectivity index (χ1v) is 16.9. The van der Waals surface area contributed by atoms with Crippen LogP contribution in [-0.4, -0.2) is 23.2 Å². The van der Waals surface area contributed by atoms with Crippen molar-refractivity contribution in [1.29, 1.82) is 0 Å². The van der Waals surface area contributed by atoms with Gasteiger partial charge in [-0.2, -0.15) is 0 Å². The fourth-order valence-electron chi connectivity index (χ4n) is 4.59. The van der Waals surface area contributed by atoms with Gasteiger partial charge in [-0.3, -0.25) is 4.99 Å². The molecule has 0 bridgehead atoms. The highest BCUT2D eigenvalue weighted by Gasteiger charge is 2.22. The second-order valence-electron chi connectivity index (χ2n) is 10.0. The van der Waals surface area contributed by atoms with Crippen LogP contribution in [0.1, 0.15) is 38.2 Å². The van der Waals surface area contributed by atoms with E-state index in [2.05, 4.69) is 88.7 Å². The van der Waals surface area contributed by atoms with Crippen LogP contribution in [0.2, 0.25) is 0 Å². The van der Waals surface area contributed by atoms with E-state index in [-0.39, 0.29) is 20.7 Å². The number of benzene rings is 3. The molecule has 4 nitrogen and oxygen atoms in total. The van der Waals surface area contributed by atoms with Crippen molar-refractivity contribution in [3.8, 4) is 16.9 Å². The third-order valence-corrected chi connectivity index (χ3v) is 9.11. The Bertz CT molecular complexity index is 1560. The van der Waals surface area contributed by atoms with Gasteiger partial charge in [0.2, 0.25) is 5.90 Å². The van der Waals surface area contributed by atoms with Crippen LogP contribution in [-0.2, 0) is 4.74 Å². The first kappa shape index (κ1) is 29.5. The fraction of sp³-hybridized carbons (Fsp3) is 0.189. The van der Waals surface area contributed by atoms with Crippen LogP contribution in [0.15, 0.2) is 136 Å². The molecule has 0 radical (unpaired) electrons. The van der Waals surface area contributed by atoms with Crippen molar-refractivity contribution in [2.45, 2.75) is 32.6 Å². The summed E-state index contributed by atoms with van der Waals surface area (Å²) < 4.78 is 15.7. The first-order chi connectivity index (χ1) is 20.7. The maximum Gasteiger partial charge on any atom is 0.215 e. The average molecular weight is 669 g/mol. The molecule has 42 heavy (non-hydrogen) atoms. The minimum atomic E-state index is -0.371. The molecule has 3 aromatic carbocycles. The average Bonchev–Trinajstić information content (AvgIpc) is 3.36. The van der Waals surface area contributed by atoms with E-state index >= 15 is 0 Å². The zero-order valence-corrected chi connectivity index (χ0v) is 26.4. The summed E-state index contributed by atoms with van der Waals surface area (Å²) in [5.74, 6) is 2.31. The number of allylic oxidation sites excluding steroid dienone is 6. The SMILES string of the molecule is CCCCCCN=C(/C=C/C=C/C=C1\Oc2ccc(-c3ccccc3)cc2N1C)OC1=IC=C(c2ccccc2)C=C1. The van der Waals surface area contributed by atoms with E-state index in [0.717, 1.165) is 34.0 Å². The van der Waals surface area contributed by atoms with E-state index in [9.17, 15) is 0 Å². The van der Waals surface area contributed by atoms with Gasteiger partial charge in [0.05, 0.1) is 5.69 Å². The van der Waals surface area contributed by atoms with Crippen molar-refractivity contribution in [2.24, 2.45) is 4.99 Å². The van der Waals surface area contributed by atoms with Gasteiger partial charge in [-0.25, -0.2) is 0 Å². The molecular weight excluding hydrogens is 631 g/mol. The number of ether oxygens (including phenoxy) is 2. The molecule has 0 amide bonds. The summed E-state index contributed by atoms with van der Waals surface area (Å²) in [6, 6.07) is 27.2. The fourth-order valence-corrected chi connectivity index (χ4v) is 6.54. The van der Waals surface area contributed by atoms with Gasteiger partial charge in [-0.1, -0.05) is 111 Å². The quantitative estimate of drug-likeness (QED) is 0.0671. The van der Waals surface area contributed by atoms with Gasteiger partial charge in [0, 0.05) is 19.7 Å². The molecule has 2 aliphatic rings. The molecule has 0 saturated carbocycles. The van der Waals surface area contributed by atoms with Gasteiger partial charge in [-0.05, 0) is 83.9 Å². The largest absolute Gasteiger partial charge is 0.439 e. The normalized spacial score (nSPS) is 15.9. The number of aliphatic imine (C=N–C) groups is 1. The Balaban J connectivity index is 1.23. The van der Waals surface area contributed by atoms with Crippen LogP contribution >= 0.6 is 20.7 Å². The molecular formula is C37H37IN2O2. The zero-order valence-electron chi connectivity index (χ0n) is 24.2. The highest BCUT2D eigenvalue weighted by atomic mass is 127. The molecule has 0 aromatic heterocycles. The highest BCUT2D eigenvalue weighted by Crippen LogP contribution is 2.40.